The molecule has 1 unspecified atom stereocenters. The van der Waals surface area contributed by atoms with Gasteiger partial charge >= 0.3 is 12.0 Å². The molecule has 1 heterocycles. The monoisotopic (exact) mass is 435 g/mol. The molecule has 0 bridgehead atoms. The van der Waals surface area contributed by atoms with Crippen LogP contribution in [-0.2, 0) is 0 Å². The first-order valence-electron chi connectivity index (χ1n) is 9.15. The highest BCUT2D eigenvalue weighted by Gasteiger charge is 2.39. The molecule has 1 atom stereocenters. The number of carbonyl (C=O) groups is 2. The van der Waals surface area contributed by atoms with Gasteiger partial charge in [-0.3, -0.25) is 4.90 Å². The first-order chi connectivity index (χ1) is 14.8. The fourth-order valence-electron chi connectivity index (χ4n) is 3.00. The van der Waals surface area contributed by atoms with E-state index in [1.54, 1.807) is 6.92 Å². The van der Waals surface area contributed by atoms with E-state index < -0.39 is 35.7 Å². The summed E-state index contributed by atoms with van der Waals surface area (Å²) in [7, 11) is 1.31. The molecule has 1 aliphatic rings. The Morgan fingerprint density at radius 2 is 1.87 bits per heavy atom. The van der Waals surface area contributed by atoms with Crippen LogP contribution in [0.25, 0.3) is 0 Å². The highest BCUT2D eigenvalue weighted by Crippen LogP contribution is 2.31. The molecule has 10 nitrogen and oxygen atoms in total. The second kappa shape index (κ2) is 8.92. The second-order valence-electron chi connectivity index (χ2n) is 6.41. The van der Waals surface area contributed by atoms with Gasteiger partial charge in [-0.15, -0.1) is 5.01 Å². The summed E-state index contributed by atoms with van der Waals surface area (Å²) >= 11 is 0. The number of methoxy groups -OCH3 is 1. The molecular formula is C19H19F2N5O5. The molecule has 1 aliphatic heterocycles. The predicted octanol–water partition coefficient (Wildman–Crippen LogP) is 3.39. The SMILES string of the molecule is CCCN(C(=O)N1N=NN(c2c(F)cccc2F)C1O)c1ccc(OC)c(C(=O)O)c1. The molecule has 0 saturated carbocycles. The number of para-hydroxylation sites is 1. The van der Waals surface area contributed by atoms with Gasteiger partial charge in [0.1, 0.15) is 17.0 Å². The zero-order chi connectivity index (χ0) is 22.7. The summed E-state index contributed by atoms with van der Waals surface area (Å²) in [6.07, 6.45) is -1.44. The number of aliphatic hydroxyl groups is 1. The average Bonchev–Trinajstić information content (AvgIpc) is 3.12. The maximum atomic E-state index is 14.1. The van der Waals surface area contributed by atoms with Crippen LogP contribution in [0.5, 0.6) is 5.75 Å². The molecule has 0 aromatic heterocycles. The Kier molecular flexibility index (Phi) is 6.30. The fourth-order valence-corrected chi connectivity index (χ4v) is 3.00. The third-order valence-electron chi connectivity index (χ3n) is 4.44. The molecular weight excluding hydrogens is 416 g/mol. The van der Waals surface area contributed by atoms with Gasteiger partial charge in [0, 0.05) is 12.2 Å². The van der Waals surface area contributed by atoms with E-state index in [1.165, 1.54) is 25.3 Å². The lowest BCUT2D eigenvalue weighted by Gasteiger charge is -2.28. The number of carbonyl (C=O) groups excluding carboxylic acids is 1. The minimum absolute atomic E-state index is 0.0993. The number of aromatic carboxylic acids is 1. The van der Waals surface area contributed by atoms with Crippen LogP contribution in [0.4, 0.5) is 25.0 Å². The van der Waals surface area contributed by atoms with Gasteiger partial charge in [-0.05, 0) is 47.2 Å². The van der Waals surface area contributed by atoms with Crippen LogP contribution in [0.15, 0.2) is 46.8 Å². The quantitative estimate of drug-likeness (QED) is 0.718. The Balaban J connectivity index is 1.92. The Hall–Kier alpha value is -3.80. The number of amides is 2. The van der Waals surface area contributed by atoms with Crippen molar-refractivity contribution >= 4 is 23.4 Å². The average molecular weight is 435 g/mol. The first-order valence-corrected chi connectivity index (χ1v) is 9.15. The Morgan fingerprint density at radius 1 is 1.19 bits per heavy atom. The molecule has 164 valence electrons. The third-order valence-corrected chi connectivity index (χ3v) is 4.44. The summed E-state index contributed by atoms with van der Waals surface area (Å²) < 4.78 is 33.1. The summed E-state index contributed by atoms with van der Waals surface area (Å²) in [4.78, 5) is 25.7. The number of ether oxygens (including phenoxy) is 1. The van der Waals surface area contributed by atoms with Crippen molar-refractivity contribution in [3.05, 3.63) is 53.6 Å². The Labute approximate surface area is 175 Å². The van der Waals surface area contributed by atoms with E-state index in [1.807, 2.05) is 0 Å². The van der Waals surface area contributed by atoms with E-state index in [0.29, 0.717) is 16.4 Å². The van der Waals surface area contributed by atoms with Crippen molar-refractivity contribution < 1.29 is 33.3 Å². The summed E-state index contributed by atoms with van der Waals surface area (Å²) in [5.41, 5.74) is -0.649. The van der Waals surface area contributed by atoms with Crippen LogP contribution in [0, 0.1) is 11.6 Å². The number of hydrogen-bond donors (Lipinski definition) is 2. The smallest absolute Gasteiger partial charge is 0.350 e. The number of benzene rings is 2. The van der Waals surface area contributed by atoms with Crippen molar-refractivity contribution in [1.82, 2.24) is 5.01 Å². The zero-order valence-electron chi connectivity index (χ0n) is 16.6. The normalized spacial score (nSPS) is 15.3. The highest BCUT2D eigenvalue weighted by molar-refractivity contribution is 5.96. The largest absolute Gasteiger partial charge is 0.496 e. The van der Waals surface area contributed by atoms with Gasteiger partial charge < -0.3 is 14.9 Å². The van der Waals surface area contributed by atoms with E-state index in [-0.39, 0.29) is 23.5 Å². The van der Waals surface area contributed by atoms with Crippen molar-refractivity contribution in [3.8, 4) is 5.75 Å². The Morgan fingerprint density at radius 3 is 2.45 bits per heavy atom. The van der Waals surface area contributed by atoms with Gasteiger partial charge in [0.05, 0.1) is 7.11 Å². The van der Waals surface area contributed by atoms with Crippen LogP contribution in [0.2, 0.25) is 0 Å². The van der Waals surface area contributed by atoms with Gasteiger partial charge in [0.25, 0.3) is 6.35 Å². The van der Waals surface area contributed by atoms with Crippen LogP contribution < -0.4 is 14.6 Å². The minimum atomic E-state index is -1.92. The number of aliphatic hydroxyl groups excluding tert-OH is 1. The molecule has 2 aromatic rings. The molecule has 2 amide bonds. The standard InChI is InChI=1S/C19H19F2N5O5/c1-3-9-24(11-7-8-15(31-2)12(10-11)17(27)28)18(29)26-19(30)25(22-23-26)16-13(20)5-4-6-14(16)21/h4-8,10,19,30H,3,9H2,1-2H3,(H,27,28). The lowest BCUT2D eigenvalue weighted by molar-refractivity contribution is 0.0531. The number of nitrogens with zero attached hydrogens (tertiary/aromatic N) is 5. The number of hydrogen-bond acceptors (Lipinski definition) is 7. The van der Waals surface area contributed by atoms with Crippen LogP contribution >= 0.6 is 0 Å². The topological polar surface area (TPSA) is 118 Å². The van der Waals surface area contributed by atoms with Crippen molar-refractivity contribution in [1.29, 1.82) is 0 Å². The molecule has 12 heteroatoms. The van der Waals surface area contributed by atoms with Crippen LogP contribution in [0.3, 0.4) is 0 Å². The Bertz CT molecular complexity index is 1010. The molecule has 31 heavy (non-hydrogen) atoms. The number of urea groups is 1. The molecule has 2 aromatic carbocycles. The van der Waals surface area contributed by atoms with E-state index in [0.717, 1.165) is 23.1 Å². The van der Waals surface area contributed by atoms with Gasteiger partial charge in [0.2, 0.25) is 0 Å². The molecule has 2 N–H and O–H groups in total. The van der Waals surface area contributed by atoms with Gasteiger partial charge in [0.15, 0.2) is 11.6 Å². The number of anilines is 2. The van der Waals surface area contributed by atoms with Crippen molar-refractivity contribution in [2.45, 2.75) is 19.7 Å². The summed E-state index contributed by atoms with van der Waals surface area (Å²) in [5, 5.41) is 28.0. The molecule has 0 fully saturated rings. The van der Waals surface area contributed by atoms with Crippen molar-refractivity contribution in [3.63, 3.8) is 0 Å². The molecule has 0 spiro atoms. The maximum Gasteiger partial charge on any atom is 0.350 e. The van der Waals surface area contributed by atoms with Crippen molar-refractivity contribution in [2.75, 3.05) is 23.6 Å². The molecule has 0 saturated heterocycles. The summed E-state index contributed by atoms with van der Waals surface area (Å²) in [6.45, 7) is 1.92. The number of carboxylic acid groups (broad SMARTS) is 1. The van der Waals surface area contributed by atoms with E-state index in [2.05, 4.69) is 10.4 Å². The van der Waals surface area contributed by atoms with Crippen LogP contribution in [-0.4, -0.2) is 47.2 Å². The third kappa shape index (κ3) is 4.10. The highest BCUT2D eigenvalue weighted by atomic mass is 19.1. The predicted molar refractivity (Wildman–Crippen MR) is 105 cm³/mol. The first kappa shape index (κ1) is 21.9. The summed E-state index contributed by atoms with van der Waals surface area (Å²) in [5.74, 6) is -3.16. The number of halogens is 2. The lowest BCUT2D eigenvalue weighted by atomic mass is 10.1. The molecule has 3 rings (SSSR count). The van der Waals surface area contributed by atoms with Gasteiger partial charge in [-0.2, -0.15) is 5.01 Å². The fraction of sp³-hybridized carbons (Fsp3) is 0.263. The zero-order valence-corrected chi connectivity index (χ0v) is 16.6. The minimum Gasteiger partial charge on any atom is -0.496 e. The van der Waals surface area contributed by atoms with E-state index in [9.17, 15) is 28.6 Å². The number of rotatable bonds is 6. The molecule has 0 aliphatic carbocycles. The second-order valence-corrected chi connectivity index (χ2v) is 6.41. The van der Waals surface area contributed by atoms with Gasteiger partial charge in [-0.25, -0.2) is 18.4 Å². The van der Waals surface area contributed by atoms with E-state index >= 15 is 0 Å². The number of carboxylic acids is 1. The van der Waals surface area contributed by atoms with E-state index in [4.69, 9.17) is 4.74 Å². The maximum absolute atomic E-state index is 14.1. The van der Waals surface area contributed by atoms with Crippen LogP contribution in [0.1, 0.15) is 23.7 Å². The summed E-state index contributed by atoms with van der Waals surface area (Å²) in [6, 6.07) is 6.30. The van der Waals surface area contributed by atoms with Crippen molar-refractivity contribution in [2.24, 2.45) is 10.4 Å². The van der Waals surface area contributed by atoms with Gasteiger partial charge in [-0.1, -0.05) is 13.0 Å². The molecule has 0 radical (unpaired) electrons. The lowest BCUT2D eigenvalue weighted by Crippen LogP contribution is -2.48.